The summed E-state index contributed by atoms with van der Waals surface area (Å²) in [6, 6.07) is 5.51. The number of hydrogen-bond donors (Lipinski definition) is 1. The first-order valence-corrected chi connectivity index (χ1v) is 8.65. The lowest BCUT2D eigenvalue weighted by Gasteiger charge is -2.20. The highest BCUT2D eigenvalue weighted by atomic mass is 19.1. The van der Waals surface area contributed by atoms with E-state index in [0.717, 1.165) is 19.5 Å². The molecular formula is C18H24FN3O2. The minimum atomic E-state index is -0.387. The number of carbonyl (C=O) groups excluding carboxylic acids is 1. The van der Waals surface area contributed by atoms with Gasteiger partial charge in [-0.05, 0) is 50.9 Å². The molecule has 0 bridgehead atoms. The van der Waals surface area contributed by atoms with Gasteiger partial charge in [0.05, 0.1) is 12.3 Å². The van der Waals surface area contributed by atoms with Gasteiger partial charge in [-0.25, -0.2) is 9.82 Å². The van der Waals surface area contributed by atoms with E-state index in [4.69, 9.17) is 4.74 Å². The number of hydrogen-bond acceptors (Lipinski definition) is 4. The van der Waals surface area contributed by atoms with Crippen LogP contribution in [-0.2, 0) is 4.79 Å². The Kier molecular flexibility index (Phi) is 5.45. The molecule has 1 fully saturated rings. The van der Waals surface area contributed by atoms with Crippen molar-refractivity contribution in [3.05, 3.63) is 29.6 Å². The predicted molar refractivity (Wildman–Crippen MR) is 90.7 cm³/mol. The van der Waals surface area contributed by atoms with Crippen molar-refractivity contribution in [2.75, 3.05) is 19.7 Å². The molecule has 0 unspecified atom stereocenters. The largest absolute Gasteiger partial charge is 0.490 e. The maximum absolute atomic E-state index is 14.2. The second kappa shape index (κ2) is 7.75. The number of rotatable bonds is 6. The molecule has 1 amide bonds. The van der Waals surface area contributed by atoms with Gasteiger partial charge in [-0.1, -0.05) is 0 Å². The zero-order chi connectivity index (χ0) is 16.9. The van der Waals surface area contributed by atoms with Crippen LogP contribution in [0.1, 0.15) is 44.6 Å². The van der Waals surface area contributed by atoms with Gasteiger partial charge in [0.1, 0.15) is 0 Å². The fourth-order valence-electron chi connectivity index (χ4n) is 3.25. The van der Waals surface area contributed by atoms with Crippen molar-refractivity contribution in [1.29, 1.82) is 0 Å². The molecule has 3 rings (SSSR count). The summed E-state index contributed by atoms with van der Waals surface area (Å²) in [4.78, 5) is 13.6. The lowest BCUT2D eigenvalue weighted by Crippen LogP contribution is -2.28. The number of hydrazone groups is 1. The molecule has 0 radical (unpaired) electrons. The van der Waals surface area contributed by atoms with Crippen LogP contribution in [0.5, 0.6) is 5.75 Å². The van der Waals surface area contributed by atoms with E-state index in [2.05, 4.69) is 22.4 Å². The molecular weight excluding hydrogens is 309 g/mol. The minimum absolute atomic E-state index is 0.105. The molecule has 2 aliphatic rings. The quantitative estimate of drug-likeness (QED) is 0.815. The van der Waals surface area contributed by atoms with Crippen molar-refractivity contribution in [2.24, 2.45) is 5.10 Å². The van der Waals surface area contributed by atoms with E-state index in [0.29, 0.717) is 36.8 Å². The maximum atomic E-state index is 14.2. The molecule has 130 valence electrons. The molecule has 1 aromatic carbocycles. The minimum Gasteiger partial charge on any atom is -0.490 e. The van der Waals surface area contributed by atoms with Crippen LogP contribution >= 0.6 is 0 Å². The fraction of sp³-hybridized carbons (Fsp3) is 0.556. The summed E-state index contributed by atoms with van der Waals surface area (Å²) in [6.45, 7) is 4.92. The summed E-state index contributed by atoms with van der Waals surface area (Å²) in [6.07, 6.45) is 4.33. The molecule has 2 heterocycles. The summed E-state index contributed by atoms with van der Waals surface area (Å²) in [5, 5.41) is 3.98. The van der Waals surface area contributed by atoms with Crippen LogP contribution in [0.3, 0.4) is 0 Å². The van der Waals surface area contributed by atoms with Gasteiger partial charge in [-0.15, -0.1) is 0 Å². The number of benzene rings is 1. The summed E-state index contributed by atoms with van der Waals surface area (Å²) in [7, 11) is 0. The number of likely N-dealkylation sites (tertiary alicyclic amines) is 1. The van der Waals surface area contributed by atoms with Crippen molar-refractivity contribution < 1.29 is 13.9 Å². The summed E-state index contributed by atoms with van der Waals surface area (Å²) in [5.74, 6) is -0.221. The third-order valence-electron chi connectivity index (χ3n) is 4.71. The standard InChI is InChI=1S/C18H24FN3O2/c1-13-4-2-9-22(13)10-3-11-24-17-7-5-14(12-15(17)19)16-6-8-18(23)21-20-16/h5,7,12-13H,2-4,6,8-11H2,1H3,(H,21,23)/t13-/m1/s1. The zero-order valence-electron chi connectivity index (χ0n) is 14.1. The molecule has 24 heavy (non-hydrogen) atoms. The van der Waals surface area contributed by atoms with Gasteiger partial charge in [0.15, 0.2) is 11.6 Å². The highest BCUT2D eigenvalue weighted by Gasteiger charge is 2.19. The molecule has 1 aromatic rings. The highest BCUT2D eigenvalue weighted by Crippen LogP contribution is 2.21. The van der Waals surface area contributed by atoms with Crippen molar-refractivity contribution >= 4 is 11.6 Å². The zero-order valence-corrected chi connectivity index (χ0v) is 14.1. The Bertz CT molecular complexity index is 633. The average Bonchev–Trinajstić information content (AvgIpc) is 2.98. The Morgan fingerprint density at radius 1 is 1.42 bits per heavy atom. The van der Waals surface area contributed by atoms with Crippen molar-refractivity contribution in [3.63, 3.8) is 0 Å². The van der Waals surface area contributed by atoms with E-state index in [1.165, 1.54) is 18.9 Å². The number of ether oxygens (including phenoxy) is 1. The summed E-state index contributed by atoms with van der Waals surface area (Å²) in [5.41, 5.74) is 3.81. The Balaban J connectivity index is 1.50. The van der Waals surface area contributed by atoms with Gasteiger partial charge in [0.25, 0.3) is 0 Å². The first-order valence-electron chi connectivity index (χ1n) is 8.65. The third-order valence-corrected chi connectivity index (χ3v) is 4.71. The number of carbonyl (C=O) groups is 1. The van der Waals surface area contributed by atoms with Crippen LogP contribution < -0.4 is 10.2 Å². The number of halogens is 1. The van der Waals surface area contributed by atoms with Crippen LogP contribution in [0.15, 0.2) is 23.3 Å². The Hall–Kier alpha value is -1.95. The molecule has 1 atom stereocenters. The average molecular weight is 333 g/mol. The monoisotopic (exact) mass is 333 g/mol. The van der Waals surface area contributed by atoms with Crippen molar-refractivity contribution in [1.82, 2.24) is 10.3 Å². The van der Waals surface area contributed by atoms with Crippen LogP contribution in [0.2, 0.25) is 0 Å². The normalized spacial score (nSPS) is 21.5. The van der Waals surface area contributed by atoms with Gasteiger partial charge in [0.2, 0.25) is 5.91 Å². The van der Waals surface area contributed by atoms with Crippen LogP contribution in [0, 0.1) is 5.82 Å². The van der Waals surface area contributed by atoms with Gasteiger partial charge >= 0.3 is 0 Å². The summed E-state index contributed by atoms with van der Waals surface area (Å²) >= 11 is 0. The molecule has 0 aliphatic carbocycles. The van der Waals surface area contributed by atoms with E-state index in [1.54, 1.807) is 12.1 Å². The van der Waals surface area contributed by atoms with Crippen molar-refractivity contribution in [3.8, 4) is 5.75 Å². The molecule has 2 aliphatic heterocycles. The number of nitrogens with one attached hydrogen (secondary N) is 1. The van der Waals surface area contributed by atoms with Crippen LogP contribution in [0.4, 0.5) is 4.39 Å². The number of nitrogens with zero attached hydrogens (tertiary/aromatic N) is 2. The van der Waals surface area contributed by atoms with E-state index in [-0.39, 0.29) is 17.5 Å². The van der Waals surface area contributed by atoms with Gasteiger partial charge in [-0.2, -0.15) is 5.10 Å². The Morgan fingerprint density at radius 2 is 2.29 bits per heavy atom. The summed E-state index contributed by atoms with van der Waals surface area (Å²) < 4.78 is 19.8. The third kappa shape index (κ3) is 4.12. The Labute approximate surface area is 141 Å². The molecule has 1 saturated heterocycles. The van der Waals surface area contributed by atoms with Gasteiger partial charge in [-0.3, -0.25) is 4.79 Å². The van der Waals surface area contributed by atoms with Crippen LogP contribution in [-0.4, -0.2) is 42.3 Å². The molecule has 0 saturated carbocycles. The van der Waals surface area contributed by atoms with Crippen LogP contribution in [0.25, 0.3) is 0 Å². The predicted octanol–water partition coefficient (Wildman–Crippen LogP) is 2.69. The first kappa shape index (κ1) is 16.9. The number of amides is 1. The van der Waals surface area contributed by atoms with Gasteiger partial charge in [0, 0.05) is 31.0 Å². The van der Waals surface area contributed by atoms with Gasteiger partial charge < -0.3 is 9.64 Å². The lowest BCUT2D eigenvalue weighted by molar-refractivity contribution is -0.121. The molecule has 6 heteroatoms. The lowest BCUT2D eigenvalue weighted by atomic mass is 10.0. The van der Waals surface area contributed by atoms with E-state index < -0.39 is 0 Å². The second-order valence-electron chi connectivity index (χ2n) is 6.47. The smallest absolute Gasteiger partial charge is 0.240 e. The Morgan fingerprint density at radius 3 is 2.96 bits per heavy atom. The van der Waals surface area contributed by atoms with E-state index >= 15 is 0 Å². The van der Waals surface area contributed by atoms with E-state index in [1.807, 2.05) is 0 Å². The topological polar surface area (TPSA) is 53.9 Å². The molecule has 1 N–H and O–H groups in total. The SMILES string of the molecule is C[C@@H]1CCCN1CCCOc1ccc(C2=NNC(=O)CC2)cc1F. The molecule has 0 spiro atoms. The second-order valence-corrected chi connectivity index (χ2v) is 6.47. The first-order chi connectivity index (χ1) is 11.6. The van der Waals surface area contributed by atoms with Crippen molar-refractivity contribution in [2.45, 2.75) is 45.1 Å². The maximum Gasteiger partial charge on any atom is 0.240 e. The fourth-order valence-corrected chi connectivity index (χ4v) is 3.25. The molecule has 5 nitrogen and oxygen atoms in total. The van der Waals surface area contributed by atoms with E-state index in [9.17, 15) is 9.18 Å². The molecule has 0 aromatic heterocycles. The highest BCUT2D eigenvalue weighted by molar-refractivity contribution is 6.04.